The van der Waals surface area contributed by atoms with E-state index in [1.165, 1.54) is 5.56 Å². The van der Waals surface area contributed by atoms with Crippen LogP contribution in [-0.4, -0.2) is 16.9 Å². The van der Waals surface area contributed by atoms with Crippen molar-refractivity contribution >= 4 is 23.0 Å². The number of hydrogen-bond acceptors (Lipinski definition) is 4. The molecule has 1 aromatic heterocycles. The second-order valence-electron chi connectivity index (χ2n) is 5.59. The highest BCUT2D eigenvalue weighted by Gasteiger charge is 2.25. The van der Waals surface area contributed by atoms with Crippen LogP contribution < -0.4 is 11.1 Å². The molecule has 1 aromatic carbocycles. The molecule has 1 fully saturated rings. The van der Waals surface area contributed by atoms with Gasteiger partial charge >= 0.3 is 0 Å². The summed E-state index contributed by atoms with van der Waals surface area (Å²) in [7, 11) is 0. The standard InChI is InChI=1S/C15H19N3O2/c1-9-2-7-13-12(8-9)18-15(20-13)17-11-5-3-10(4-6-11)14(16)19/h2,7-8,10-11H,3-6H2,1H3,(H2,16,19)(H,17,18). The summed E-state index contributed by atoms with van der Waals surface area (Å²) in [6.45, 7) is 2.03. The van der Waals surface area contributed by atoms with E-state index in [2.05, 4.69) is 10.3 Å². The minimum atomic E-state index is -0.180. The van der Waals surface area contributed by atoms with Crippen LogP contribution in [0.4, 0.5) is 6.01 Å². The van der Waals surface area contributed by atoms with Crippen LogP contribution >= 0.6 is 0 Å². The maximum atomic E-state index is 11.1. The molecule has 0 unspecified atom stereocenters. The Morgan fingerprint density at radius 1 is 1.35 bits per heavy atom. The van der Waals surface area contributed by atoms with Gasteiger partial charge in [0.05, 0.1) is 0 Å². The summed E-state index contributed by atoms with van der Waals surface area (Å²) in [4.78, 5) is 15.6. The van der Waals surface area contributed by atoms with E-state index in [0.717, 1.165) is 36.8 Å². The Morgan fingerprint density at radius 3 is 2.80 bits per heavy atom. The average Bonchev–Trinajstić information content (AvgIpc) is 2.80. The molecule has 1 saturated carbocycles. The zero-order valence-corrected chi connectivity index (χ0v) is 11.6. The highest BCUT2D eigenvalue weighted by molar-refractivity contribution is 5.77. The summed E-state index contributed by atoms with van der Waals surface area (Å²) in [5.41, 5.74) is 8.17. The Kier molecular flexibility index (Phi) is 3.34. The molecule has 5 nitrogen and oxygen atoms in total. The summed E-state index contributed by atoms with van der Waals surface area (Å²) in [5.74, 6) is -0.153. The summed E-state index contributed by atoms with van der Waals surface area (Å²) < 4.78 is 5.69. The number of nitrogens with zero attached hydrogens (tertiary/aromatic N) is 1. The first kappa shape index (κ1) is 13.0. The lowest BCUT2D eigenvalue weighted by molar-refractivity contribution is -0.122. The van der Waals surface area contributed by atoms with Gasteiger partial charge in [0.25, 0.3) is 6.01 Å². The van der Waals surface area contributed by atoms with Crippen LogP contribution in [0.1, 0.15) is 31.2 Å². The number of nitrogens with two attached hydrogens (primary N) is 1. The van der Waals surface area contributed by atoms with Crippen LogP contribution in [0.3, 0.4) is 0 Å². The fourth-order valence-corrected chi connectivity index (χ4v) is 2.80. The number of carbonyl (C=O) groups is 1. The quantitative estimate of drug-likeness (QED) is 0.900. The molecule has 1 aliphatic rings. The Balaban J connectivity index is 1.66. The van der Waals surface area contributed by atoms with Gasteiger partial charge in [-0.1, -0.05) is 6.07 Å². The first-order chi connectivity index (χ1) is 9.61. The van der Waals surface area contributed by atoms with Crippen molar-refractivity contribution < 1.29 is 9.21 Å². The van der Waals surface area contributed by atoms with Gasteiger partial charge in [0.15, 0.2) is 5.58 Å². The number of aromatic nitrogens is 1. The minimum absolute atomic E-state index is 0.0272. The number of carbonyl (C=O) groups excluding carboxylic acids is 1. The van der Waals surface area contributed by atoms with E-state index in [1.807, 2.05) is 25.1 Å². The molecule has 0 aliphatic heterocycles. The third kappa shape index (κ3) is 2.61. The highest BCUT2D eigenvalue weighted by Crippen LogP contribution is 2.27. The molecule has 1 amide bonds. The number of hydrogen-bond donors (Lipinski definition) is 2. The zero-order valence-electron chi connectivity index (χ0n) is 11.6. The smallest absolute Gasteiger partial charge is 0.295 e. The van der Waals surface area contributed by atoms with Crippen molar-refractivity contribution in [3.05, 3.63) is 23.8 Å². The Morgan fingerprint density at radius 2 is 2.10 bits per heavy atom. The van der Waals surface area contributed by atoms with E-state index in [1.54, 1.807) is 0 Å². The van der Waals surface area contributed by atoms with Gasteiger partial charge in [0.2, 0.25) is 5.91 Å². The number of anilines is 1. The lowest BCUT2D eigenvalue weighted by atomic mass is 9.86. The number of fused-ring (bicyclic) bond motifs is 1. The summed E-state index contributed by atoms with van der Waals surface area (Å²) in [6, 6.07) is 6.82. The van der Waals surface area contributed by atoms with Crippen LogP contribution in [0.5, 0.6) is 0 Å². The van der Waals surface area contributed by atoms with E-state index in [4.69, 9.17) is 10.2 Å². The van der Waals surface area contributed by atoms with Gasteiger partial charge < -0.3 is 15.5 Å². The van der Waals surface area contributed by atoms with Crippen LogP contribution in [0, 0.1) is 12.8 Å². The Hall–Kier alpha value is -2.04. The molecule has 3 rings (SSSR count). The van der Waals surface area contributed by atoms with Crippen molar-refractivity contribution in [3.63, 3.8) is 0 Å². The number of amides is 1. The minimum Gasteiger partial charge on any atom is -0.424 e. The zero-order chi connectivity index (χ0) is 14.1. The second kappa shape index (κ2) is 5.15. The number of aryl methyl sites for hydroxylation is 1. The SMILES string of the molecule is Cc1ccc2oc(NC3CCC(C(N)=O)CC3)nc2c1. The first-order valence-corrected chi connectivity index (χ1v) is 7.05. The largest absolute Gasteiger partial charge is 0.424 e. The fourth-order valence-electron chi connectivity index (χ4n) is 2.80. The molecule has 1 heterocycles. The van der Waals surface area contributed by atoms with E-state index in [9.17, 15) is 4.79 Å². The number of primary amides is 1. The molecule has 2 aromatic rings. The van der Waals surface area contributed by atoms with Crippen molar-refractivity contribution in [2.75, 3.05) is 5.32 Å². The van der Waals surface area contributed by atoms with E-state index in [0.29, 0.717) is 12.1 Å². The number of oxazole rings is 1. The molecule has 0 spiro atoms. The molecule has 20 heavy (non-hydrogen) atoms. The fraction of sp³-hybridized carbons (Fsp3) is 0.467. The van der Waals surface area contributed by atoms with Crippen LogP contribution in [0.2, 0.25) is 0 Å². The van der Waals surface area contributed by atoms with Crippen LogP contribution in [-0.2, 0) is 4.79 Å². The molecule has 0 saturated heterocycles. The maximum Gasteiger partial charge on any atom is 0.295 e. The third-order valence-electron chi connectivity index (χ3n) is 4.00. The Labute approximate surface area is 117 Å². The Bertz CT molecular complexity index is 627. The average molecular weight is 273 g/mol. The van der Waals surface area contributed by atoms with Gasteiger partial charge in [-0.05, 0) is 50.3 Å². The maximum absolute atomic E-state index is 11.1. The van der Waals surface area contributed by atoms with Crippen molar-refractivity contribution in [1.29, 1.82) is 0 Å². The molecular weight excluding hydrogens is 254 g/mol. The van der Waals surface area contributed by atoms with Crippen LogP contribution in [0.25, 0.3) is 11.1 Å². The lowest BCUT2D eigenvalue weighted by Crippen LogP contribution is -2.32. The third-order valence-corrected chi connectivity index (χ3v) is 4.00. The second-order valence-corrected chi connectivity index (χ2v) is 5.59. The molecule has 0 atom stereocenters. The predicted molar refractivity (Wildman–Crippen MR) is 77.3 cm³/mol. The molecule has 3 N–H and O–H groups in total. The summed E-state index contributed by atoms with van der Waals surface area (Å²) in [6.07, 6.45) is 3.52. The van der Waals surface area contributed by atoms with Crippen molar-refractivity contribution in [1.82, 2.24) is 4.98 Å². The monoisotopic (exact) mass is 273 g/mol. The summed E-state index contributed by atoms with van der Waals surface area (Å²) >= 11 is 0. The normalized spacial score (nSPS) is 22.9. The molecule has 0 radical (unpaired) electrons. The van der Waals surface area contributed by atoms with Crippen LogP contribution in [0.15, 0.2) is 22.6 Å². The topological polar surface area (TPSA) is 81.1 Å². The van der Waals surface area contributed by atoms with Crippen molar-refractivity contribution in [3.8, 4) is 0 Å². The van der Waals surface area contributed by atoms with Gasteiger partial charge in [0, 0.05) is 12.0 Å². The van der Waals surface area contributed by atoms with Gasteiger partial charge in [-0.3, -0.25) is 4.79 Å². The first-order valence-electron chi connectivity index (χ1n) is 7.05. The van der Waals surface area contributed by atoms with Gasteiger partial charge in [-0.2, -0.15) is 4.98 Å². The lowest BCUT2D eigenvalue weighted by Gasteiger charge is -2.26. The molecule has 1 aliphatic carbocycles. The van der Waals surface area contributed by atoms with E-state index >= 15 is 0 Å². The van der Waals surface area contributed by atoms with E-state index in [-0.39, 0.29) is 11.8 Å². The van der Waals surface area contributed by atoms with Crippen molar-refractivity contribution in [2.24, 2.45) is 11.7 Å². The number of rotatable bonds is 3. The van der Waals surface area contributed by atoms with Gasteiger partial charge in [-0.15, -0.1) is 0 Å². The predicted octanol–water partition coefficient (Wildman–Crippen LogP) is 2.59. The van der Waals surface area contributed by atoms with Gasteiger partial charge in [-0.25, -0.2) is 0 Å². The summed E-state index contributed by atoms with van der Waals surface area (Å²) in [5, 5.41) is 3.32. The highest BCUT2D eigenvalue weighted by atomic mass is 16.4. The molecule has 5 heteroatoms. The van der Waals surface area contributed by atoms with Crippen molar-refractivity contribution in [2.45, 2.75) is 38.6 Å². The number of benzene rings is 1. The van der Waals surface area contributed by atoms with Gasteiger partial charge in [0.1, 0.15) is 5.52 Å². The number of nitrogens with one attached hydrogen (secondary N) is 1. The molecule has 0 bridgehead atoms. The molecule has 106 valence electrons. The molecular formula is C15H19N3O2. The van der Waals surface area contributed by atoms with E-state index < -0.39 is 0 Å².